The van der Waals surface area contributed by atoms with E-state index in [9.17, 15) is 9.90 Å². The number of fused-ring (bicyclic) bond motifs is 3. The van der Waals surface area contributed by atoms with Gasteiger partial charge in [-0.05, 0) is 35.4 Å². The molecule has 0 fully saturated rings. The molecule has 0 bridgehead atoms. The summed E-state index contributed by atoms with van der Waals surface area (Å²) in [5, 5.41) is 17.2. The van der Waals surface area contributed by atoms with Gasteiger partial charge in [0.05, 0.1) is 0 Å². The molecule has 6 nitrogen and oxygen atoms in total. The monoisotopic (exact) mass is 402 g/mol. The number of carbonyl (C=O) groups is 1. The molecule has 4 rings (SSSR count). The molecule has 0 unspecified atom stereocenters. The standard InChI is InChI=1S/C24H22N2O4/c1-16(27)25-17-10-12-19(13-11-17)29-14-18(28)15-30-26-24-22-8-4-2-6-20(22)21-7-3-5-9-23(21)24/h2-13,18,28H,14-15H2,1H3,(H,25,27)/t18-/m0/s1. The van der Waals surface area contributed by atoms with E-state index in [1.807, 2.05) is 36.4 Å². The third kappa shape index (κ3) is 4.34. The maximum Gasteiger partial charge on any atom is 0.221 e. The van der Waals surface area contributed by atoms with Gasteiger partial charge < -0.3 is 20.0 Å². The van der Waals surface area contributed by atoms with Crippen LogP contribution in [0.2, 0.25) is 0 Å². The van der Waals surface area contributed by atoms with E-state index in [0.29, 0.717) is 11.4 Å². The molecular formula is C24H22N2O4. The van der Waals surface area contributed by atoms with Crippen LogP contribution in [0.1, 0.15) is 18.1 Å². The van der Waals surface area contributed by atoms with Crippen LogP contribution in [0.3, 0.4) is 0 Å². The number of carbonyl (C=O) groups excluding carboxylic acids is 1. The fourth-order valence-corrected chi connectivity index (χ4v) is 3.36. The Balaban J connectivity index is 1.34. The summed E-state index contributed by atoms with van der Waals surface area (Å²) >= 11 is 0. The van der Waals surface area contributed by atoms with Crippen molar-refractivity contribution in [2.45, 2.75) is 13.0 Å². The van der Waals surface area contributed by atoms with Gasteiger partial charge in [0.2, 0.25) is 5.91 Å². The van der Waals surface area contributed by atoms with Crippen LogP contribution in [0.25, 0.3) is 11.1 Å². The summed E-state index contributed by atoms with van der Waals surface area (Å²) in [6.07, 6.45) is -0.837. The molecule has 152 valence electrons. The fourth-order valence-electron chi connectivity index (χ4n) is 3.36. The molecule has 1 aliphatic rings. The van der Waals surface area contributed by atoms with Gasteiger partial charge in [0.15, 0.2) is 0 Å². The van der Waals surface area contributed by atoms with Gasteiger partial charge in [0.1, 0.15) is 30.8 Å². The van der Waals surface area contributed by atoms with Gasteiger partial charge in [-0.15, -0.1) is 0 Å². The van der Waals surface area contributed by atoms with E-state index in [2.05, 4.69) is 22.6 Å². The van der Waals surface area contributed by atoms with Gasteiger partial charge in [-0.2, -0.15) is 0 Å². The van der Waals surface area contributed by atoms with Gasteiger partial charge in [-0.25, -0.2) is 0 Å². The molecule has 6 heteroatoms. The predicted molar refractivity (Wildman–Crippen MR) is 116 cm³/mol. The molecule has 0 saturated carbocycles. The topological polar surface area (TPSA) is 80.2 Å². The highest BCUT2D eigenvalue weighted by atomic mass is 16.6. The first kappa shape index (κ1) is 19.7. The summed E-state index contributed by atoms with van der Waals surface area (Å²) in [5.41, 5.74) is 5.74. The Labute approximate surface area is 174 Å². The Morgan fingerprint density at radius 2 is 1.47 bits per heavy atom. The molecular weight excluding hydrogens is 380 g/mol. The van der Waals surface area contributed by atoms with Crippen molar-refractivity contribution in [2.24, 2.45) is 5.16 Å². The number of oxime groups is 1. The summed E-state index contributed by atoms with van der Waals surface area (Å²) in [4.78, 5) is 16.5. The zero-order chi connectivity index (χ0) is 20.9. The highest BCUT2D eigenvalue weighted by molar-refractivity contribution is 6.24. The number of hydrogen-bond donors (Lipinski definition) is 2. The lowest BCUT2D eigenvalue weighted by atomic mass is 10.1. The lowest BCUT2D eigenvalue weighted by molar-refractivity contribution is -0.114. The van der Waals surface area contributed by atoms with Crippen LogP contribution in [-0.4, -0.2) is 36.0 Å². The van der Waals surface area contributed by atoms with Crippen molar-refractivity contribution in [2.75, 3.05) is 18.5 Å². The number of anilines is 1. The summed E-state index contributed by atoms with van der Waals surface area (Å²) < 4.78 is 5.57. The maximum absolute atomic E-state index is 11.0. The second kappa shape index (κ2) is 8.80. The molecule has 1 atom stereocenters. The first-order valence-corrected chi connectivity index (χ1v) is 9.69. The van der Waals surface area contributed by atoms with E-state index in [-0.39, 0.29) is 19.1 Å². The van der Waals surface area contributed by atoms with E-state index in [4.69, 9.17) is 9.57 Å². The first-order chi connectivity index (χ1) is 14.6. The van der Waals surface area contributed by atoms with Crippen LogP contribution >= 0.6 is 0 Å². The molecule has 1 aliphatic carbocycles. The molecule has 0 aliphatic heterocycles. The normalized spacial score (nSPS) is 12.5. The number of rotatable bonds is 7. The van der Waals surface area contributed by atoms with Crippen molar-refractivity contribution >= 4 is 17.3 Å². The van der Waals surface area contributed by atoms with Gasteiger partial charge in [-0.1, -0.05) is 53.7 Å². The molecule has 1 amide bonds. The molecule has 0 aromatic heterocycles. The molecule has 2 N–H and O–H groups in total. The first-order valence-electron chi connectivity index (χ1n) is 9.69. The zero-order valence-corrected chi connectivity index (χ0v) is 16.5. The average Bonchev–Trinajstić information content (AvgIpc) is 3.07. The minimum absolute atomic E-state index is 0.0117. The SMILES string of the molecule is CC(=O)Nc1ccc(OC[C@H](O)CON=C2c3ccccc3-c3ccccc32)cc1. The van der Waals surface area contributed by atoms with Crippen molar-refractivity contribution in [1.82, 2.24) is 0 Å². The van der Waals surface area contributed by atoms with Crippen molar-refractivity contribution in [3.8, 4) is 16.9 Å². The number of hydrogen-bond acceptors (Lipinski definition) is 5. The highest BCUT2D eigenvalue weighted by Crippen LogP contribution is 2.36. The van der Waals surface area contributed by atoms with Crippen molar-refractivity contribution < 1.29 is 19.5 Å². The Morgan fingerprint density at radius 3 is 2.03 bits per heavy atom. The highest BCUT2D eigenvalue weighted by Gasteiger charge is 2.24. The van der Waals surface area contributed by atoms with Crippen molar-refractivity contribution in [3.63, 3.8) is 0 Å². The lowest BCUT2D eigenvalue weighted by Gasteiger charge is -2.12. The Kier molecular flexibility index (Phi) is 5.77. The van der Waals surface area contributed by atoms with Crippen LogP contribution in [0, 0.1) is 0 Å². The molecule has 3 aromatic carbocycles. The van der Waals surface area contributed by atoms with Crippen molar-refractivity contribution in [3.05, 3.63) is 83.9 Å². The minimum atomic E-state index is -0.837. The maximum atomic E-state index is 11.0. The number of aliphatic hydroxyl groups is 1. The van der Waals surface area contributed by atoms with E-state index >= 15 is 0 Å². The third-order valence-corrected chi connectivity index (χ3v) is 4.69. The van der Waals surface area contributed by atoms with E-state index in [1.165, 1.54) is 6.92 Å². The number of amides is 1. The summed E-state index contributed by atoms with van der Waals surface area (Å²) in [5.74, 6) is 0.457. The van der Waals surface area contributed by atoms with Gasteiger partial charge >= 0.3 is 0 Å². The Hall–Kier alpha value is -3.64. The molecule has 0 heterocycles. The Bertz CT molecular complexity index is 1030. The average molecular weight is 402 g/mol. The predicted octanol–water partition coefficient (Wildman–Crippen LogP) is 3.83. The summed E-state index contributed by atoms with van der Waals surface area (Å²) in [7, 11) is 0. The zero-order valence-electron chi connectivity index (χ0n) is 16.5. The molecule has 0 radical (unpaired) electrons. The minimum Gasteiger partial charge on any atom is -0.491 e. The lowest BCUT2D eigenvalue weighted by Crippen LogP contribution is -2.22. The van der Waals surface area contributed by atoms with Crippen molar-refractivity contribution in [1.29, 1.82) is 0 Å². The molecule has 3 aromatic rings. The molecule has 0 spiro atoms. The molecule has 0 saturated heterocycles. The van der Waals surface area contributed by atoms with Gasteiger partial charge in [0, 0.05) is 23.7 Å². The van der Waals surface area contributed by atoms with Crippen LogP contribution in [0.5, 0.6) is 5.75 Å². The summed E-state index contributed by atoms with van der Waals surface area (Å²) in [6.45, 7) is 1.53. The Morgan fingerprint density at radius 1 is 0.900 bits per heavy atom. The second-order valence-corrected chi connectivity index (χ2v) is 7.00. The van der Waals surface area contributed by atoms with Crippen LogP contribution in [0.4, 0.5) is 5.69 Å². The second-order valence-electron chi connectivity index (χ2n) is 7.00. The third-order valence-electron chi connectivity index (χ3n) is 4.69. The van der Waals surface area contributed by atoms with Crippen LogP contribution < -0.4 is 10.1 Å². The molecule has 30 heavy (non-hydrogen) atoms. The largest absolute Gasteiger partial charge is 0.491 e. The van der Waals surface area contributed by atoms with E-state index in [1.54, 1.807) is 24.3 Å². The van der Waals surface area contributed by atoms with Gasteiger partial charge in [-0.3, -0.25) is 4.79 Å². The number of ether oxygens (including phenoxy) is 1. The summed E-state index contributed by atoms with van der Waals surface area (Å²) in [6, 6.07) is 23.0. The fraction of sp³-hybridized carbons (Fsp3) is 0.167. The number of nitrogens with zero attached hydrogens (tertiary/aromatic N) is 1. The number of nitrogens with one attached hydrogen (secondary N) is 1. The van der Waals surface area contributed by atoms with E-state index < -0.39 is 6.10 Å². The van der Waals surface area contributed by atoms with Gasteiger partial charge in [0.25, 0.3) is 0 Å². The number of aliphatic hydroxyl groups excluding tert-OH is 1. The number of benzene rings is 3. The quantitative estimate of drug-likeness (QED) is 0.461. The van der Waals surface area contributed by atoms with E-state index in [0.717, 1.165) is 28.0 Å². The smallest absolute Gasteiger partial charge is 0.221 e. The van der Waals surface area contributed by atoms with Crippen LogP contribution in [-0.2, 0) is 9.63 Å². The van der Waals surface area contributed by atoms with Crippen LogP contribution in [0.15, 0.2) is 78.0 Å².